The van der Waals surface area contributed by atoms with Gasteiger partial charge in [-0.25, -0.2) is 9.18 Å². The Morgan fingerprint density at radius 3 is 2.45 bits per heavy atom. The van der Waals surface area contributed by atoms with Crippen LogP contribution in [0.2, 0.25) is 10.0 Å². The highest BCUT2D eigenvalue weighted by molar-refractivity contribution is 7.18. The summed E-state index contributed by atoms with van der Waals surface area (Å²) < 4.78 is 20.3. The molecule has 6 nitrogen and oxygen atoms in total. The summed E-state index contributed by atoms with van der Waals surface area (Å²) in [4.78, 5) is 26.4. The number of rotatable bonds is 7. The van der Waals surface area contributed by atoms with Gasteiger partial charge in [-0.2, -0.15) is 5.10 Å². The Kier molecular flexibility index (Phi) is 7.82. The first-order valence-corrected chi connectivity index (χ1v) is 11.7. The number of amides is 1. The Morgan fingerprint density at radius 2 is 1.88 bits per heavy atom. The quantitative estimate of drug-likeness (QED) is 0.368. The Hall–Kier alpha value is -2.42. The van der Waals surface area contributed by atoms with Gasteiger partial charge in [-0.3, -0.25) is 9.48 Å². The molecular formula is C23H24Cl2FN3O3S. The standard InChI is InChI=1S/C23H24Cl2FN3O3S/c1-23(2,3)32-22(31)27-11-14(13-5-7-15(26)8-6-13)9-18(30)19-10-16(24)21(33-19)20-17(25)12-28-29(20)4/h5-8,10,12,14H,9,11H2,1-4H3,(H,27,31). The first-order chi connectivity index (χ1) is 15.4. The summed E-state index contributed by atoms with van der Waals surface area (Å²) >= 11 is 13.9. The predicted octanol–water partition coefficient (Wildman–Crippen LogP) is 6.48. The van der Waals surface area contributed by atoms with Crippen LogP contribution in [0.15, 0.2) is 36.5 Å². The Morgan fingerprint density at radius 1 is 1.21 bits per heavy atom. The molecule has 0 aliphatic heterocycles. The van der Waals surface area contributed by atoms with Gasteiger partial charge in [0.05, 0.1) is 31.7 Å². The third-order valence-electron chi connectivity index (χ3n) is 4.74. The van der Waals surface area contributed by atoms with Crippen LogP contribution in [0.1, 0.15) is 48.3 Å². The predicted molar refractivity (Wildman–Crippen MR) is 129 cm³/mol. The molecule has 0 saturated heterocycles. The second-order valence-corrected chi connectivity index (χ2v) is 10.4. The molecule has 1 aromatic carbocycles. The van der Waals surface area contributed by atoms with Gasteiger partial charge < -0.3 is 10.1 Å². The van der Waals surface area contributed by atoms with Crippen LogP contribution < -0.4 is 5.32 Å². The number of thiophene rings is 1. The summed E-state index contributed by atoms with van der Waals surface area (Å²) in [6.45, 7) is 5.44. The van der Waals surface area contributed by atoms with Crippen LogP contribution in [-0.2, 0) is 11.8 Å². The second kappa shape index (κ2) is 10.2. The molecular weight excluding hydrogens is 488 g/mol. The fourth-order valence-electron chi connectivity index (χ4n) is 3.22. The van der Waals surface area contributed by atoms with E-state index in [0.717, 1.165) is 5.56 Å². The molecule has 0 aliphatic rings. The van der Waals surface area contributed by atoms with Crippen LogP contribution in [0.5, 0.6) is 0 Å². The van der Waals surface area contributed by atoms with Gasteiger partial charge in [0, 0.05) is 25.9 Å². The number of Topliss-reactive ketones (excluding diaryl/α,β-unsaturated/α-hetero) is 1. The number of hydrogen-bond acceptors (Lipinski definition) is 5. The second-order valence-electron chi connectivity index (χ2n) is 8.51. The lowest BCUT2D eigenvalue weighted by Crippen LogP contribution is -2.35. The number of carbonyl (C=O) groups excluding carboxylic acids is 2. The van der Waals surface area contributed by atoms with E-state index < -0.39 is 17.6 Å². The average Bonchev–Trinajstić information content (AvgIpc) is 3.25. The highest BCUT2D eigenvalue weighted by atomic mass is 35.5. The fourth-order valence-corrected chi connectivity index (χ4v) is 5.01. The lowest BCUT2D eigenvalue weighted by atomic mass is 9.93. The number of halogens is 3. The molecule has 2 aromatic heterocycles. The first-order valence-electron chi connectivity index (χ1n) is 10.2. The van der Waals surface area contributed by atoms with Crippen molar-refractivity contribution in [1.82, 2.24) is 15.1 Å². The van der Waals surface area contributed by atoms with Crippen LogP contribution in [-0.4, -0.2) is 33.8 Å². The number of carbonyl (C=O) groups is 2. The number of hydrogen-bond donors (Lipinski definition) is 1. The number of aryl methyl sites for hydroxylation is 1. The summed E-state index contributed by atoms with van der Waals surface area (Å²) in [5.41, 5.74) is 0.702. The van der Waals surface area contributed by atoms with Crippen molar-refractivity contribution in [1.29, 1.82) is 0 Å². The molecule has 1 unspecified atom stereocenters. The Bertz CT molecular complexity index is 1130. The van der Waals surface area contributed by atoms with Crippen molar-refractivity contribution in [3.63, 3.8) is 0 Å². The van der Waals surface area contributed by atoms with Gasteiger partial charge in [-0.05, 0) is 44.5 Å². The van der Waals surface area contributed by atoms with Crippen LogP contribution in [0, 0.1) is 5.82 Å². The van der Waals surface area contributed by atoms with Gasteiger partial charge in [0.25, 0.3) is 0 Å². The van der Waals surface area contributed by atoms with Gasteiger partial charge in [-0.1, -0.05) is 35.3 Å². The van der Waals surface area contributed by atoms with Gasteiger partial charge in [0.1, 0.15) is 11.4 Å². The van der Waals surface area contributed by atoms with E-state index in [1.807, 2.05) is 0 Å². The van der Waals surface area contributed by atoms with Gasteiger partial charge >= 0.3 is 6.09 Å². The van der Waals surface area contributed by atoms with Crippen LogP contribution in [0.4, 0.5) is 9.18 Å². The zero-order chi connectivity index (χ0) is 24.3. The molecule has 176 valence electrons. The van der Waals surface area contributed by atoms with E-state index in [2.05, 4.69) is 10.4 Å². The van der Waals surface area contributed by atoms with Gasteiger partial charge in [-0.15, -0.1) is 11.3 Å². The van der Waals surface area contributed by atoms with Crippen molar-refractivity contribution in [2.75, 3.05) is 6.54 Å². The number of nitrogens with one attached hydrogen (secondary N) is 1. The highest BCUT2D eigenvalue weighted by Crippen LogP contribution is 2.40. The summed E-state index contributed by atoms with van der Waals surface area (Å²) in [7, 11) is 1.74. The fraction of sp³-hybridized carbons (Fsp3) is 0.348. The van der Waals surface area contributed by atoms with Crippen molar-refractivity contribution in [3.8, 4) is 10.6 Å². The highest BCUT2D eigenvalue weighted by Gasteiger charge is 2.24. The third kappa shape index (κ3) is 6.56. The van der Waals surface area contributed by atoms with E-state index in [0.29, 0.717) is 25.5 Å². The average molecular weight is 512 g/mol. The van der Waals surface area contributed by atoms with Gasteiger partial charge in [0.15, 0.2) is 5.78 Å². The van der Waals surface area contributed by atoms with E-state index in [9.17, 15) is 14.0 Å². The minimum absolute atomic E-state index is 0.0802. The Balaban J connectivity index is 1.81. The van der Waals surface area contributed by atoms with Crippen LogP contribution >= 0.6 is 34.5 Å². The van der Waals surface area contributed by atoms with Crippen molar-refractivity contribution < 1.29 is 18.7 Å². The maximum absolute atomic E-state index is 13.4. The monoisotopic (exact) mass is 511 g/mol. The van der Waals surface area contributed by atoms with Crippen molar-refractivity contribution in [3.05, 3.63) is 62.8 Å². The van der Waals surface area contributed by atoms with Crippen LogP contribution in [0.25, 0.3) is 10.6 Å². The largest absolute Gasteiger partial charge is 0.444 e. The lowest BCUT2D eigenvalue weighted by molar-refractivity contribution is 0.0522. The molecule has 1 atom stereocenters. The third-order valence-corrected chi connectivity index (χ3v) is 6.61. The number of benzene rings is 1. The minimum atomic E-state index is -0.650. The molecule has 3 aromatic rings. The van der Waals surface area contributed by atoms with E-state index >= 15 is 0 Å². The number of alkyl carbamates (subject to hydrolysis) is 1. The molecule has 1 N–H and O–H groups in total. The molecule has 10 heteroatoms. The van der Waals surface area contributed by atoms with Crippen LogP contribution in [0.3, 0.4) is 0 Å². The summed E-state index contributed by atoms with van der Waals surface area (Å²) in [5.74, 6) is -0.936. The molecule has 0 fully saturated rings. The number of aromatic nitrogens is 2. The maximum Gasteiger partial charge on any atom is 0.407 e. The topological polar surface area (TPSA) is 73.2 Å². The van der Waals surface area contributed by atoms with Crippen molar-refractivity contribution in [2.24, 2.45) is 7.05 Å². The van der Waals surface area contributed by atoms with Crippen molar-refractivity contribution in [2.45, 2.75) is 38.7 Å². The molecule has 3 rings (SSSR count). The Labute approximate surface area is 205 Å². The smallest absolute Gasteiger partial charge is 0.407 e. The zero-order valence-corrected chi connectivity index (χ0v) is 20.9. The minimum Gasteiger partial charge on any atom is -0.444 e. The zero-order valence-electron chi connectivity index (χ0n) is 18.6. The first kappa shape index (κ1) is 25.2. The summed E-state index contributed by atoms with van der Waals surface area (Å²) in [6.07, 6.45) is 1.01. The number of nitrogens with zero attached hydrogens (tertiary/aromatic N) is 2. The molecule has 0 aliphatic carbocycles. The molecule has 0 spiro atoms. The number of ether oxygens (including phenoxy) is 1. The summed E-state index contributed by atoms with van der Waals surface area (Å²) in [6, 6.07) is 7.46. The van der Waals surface area contributed by atoms with E-state index in [-0.39, 0.29) is 24.6 Å². The summed E-state index contributed by atoms with van der Waals surface area (Å²) in [5, 5.41) is 7.66. The number of ketones is 1. The van der Waals surface area contributed by atoms with E-state index in [4.69, 9.17) is 27.9 Å². The maximum atomic E-state index is 13.4. The SMILES string of the molecule is Cn1ncc(Cl)c1-c1sc(C(=O)CC(CNC(=O)OC(C)(C)C)c2ccc(F)cc2)cc1Cl. The van der Waals surface area contributed by atoms with E-state index in [1.165, 1.54) is 29.7 Å². The molecule has 0 radical (unpaired) electrons. The lowest BCUT2D eigenvalue weighted by Gasteiger charge is -2.22. The molecule has 1 amide bonds. The van der Waals surface area contributed by atoms with E-state index in [1.54, 1.807) is 50.7 Å². The van der Waals surface area contributed by atoms with Crippen molar-refractivity contribution >= 4 is 46.4 Å². The molecule has 2 heterocycles. The molecule has 0 bridgehead atoms. The molecule has 0 saturated carbocycles. The molecule has 33 heavy (non-hydrogen) atoms. The van der Waals surface area contributed by atoms with Gasteiger partial charge in [0.2, 0.25) is 0 Å². The normalized spacial score (nSPS) is 12.5.